The standard InChI is InChI=1S/C20H22N4O3S/c1-12-16-13(18(25)24-8-5-7-20(2,11-24)19(26)27)10-14(15-6-4-9-28-15)21-17(16)23(3)22-12/h4,6,9-10H,5,7-8,11H2,1-3H3,(H,26,27). The highest BCUT2D eigenvalue weighted by Gasteiger charge is 2.40. The molecule has 1 fully saturated rings. The number of pyridine rings is 1. The van der Waals surface area contributed by atoms with Gasteiger partial charge in [0.2, 0.25) is 0 Å². The first kappa shape index (κ1) is 18.6. The lowest BCUT2D eigenvalue weighted by Crippen LogP contribution is -2.48. The second-order valence-electron chi connectivity index (χ2n) is 7.64. The van der Waals surface area contributed by atoms with Crippen LogP contribution in [-0.2, 0) is 11.8 Å². The molecule has 4 heterocycles. The highest BCUT2D eigenvalue weighted by atomic mass is 32.1. The zero-order valence-electron chi connectivity index (χ0n) is 16.1. The van der Waals surface area contributed by atoms with E-state index in [-0.39, 0.29) is 12.5 Å². The lowest BCUT2D eigenvalue weighted by Gasteiger charge is -2.37. The third-order valence-corrected chi connectivity index (χ3v) is 6.37. The summed E-state index contributed by atoms with van der Waals surface area (Å²) in [5.74, 6) is -1.02. The molecule has 1 N–H and O–H groups in total. The monoisotopic (exact) mass is 398 g/mol. The number of fused-ring (bicyclic) bond motifs is 1. The van der Waals surface area contributed by atoms with Crippen molar-refractivity contribution in [3.8, 4) is 10.6 Å². The van der Waals surface area contributed by atoms with Gasteiger partial charge in [-0.1, -0.05) is 6.07 Å². The average molecular weight is 398 g/mol. The summed E-state index contributed by atoms with van der Waals surface area (Å²) in [6.07, 6.45) is 1.25. The molecule has 146 valence electrons. The predicted octanol–water partition coefficient (Wildman–Crippen LogP) is 3.33. The summed E-state index contributed by atoms with van der Waals surface area (Å²) in [5.41, 5.74) is 1.75. The fourth-order valence-corrected chi connectivity index (χ4v) is 4.61. The van der Waals surface area contributed by atoms with Crippen LogP contribution >= 0.6 is 11.3 Å². The summed E-state index contributed by atoms with van der Waals surface area (Å²) in [6.45, 7) is 4.34. The molecule has 3 aromatic heterocycles. The van der Waals surface area contributed by atoms with Crippen LogP contribution < -0.4 is 0 Å². The molecule has 7 nitrogen and oxygen atoms in total. The number of carboxylic acids is 1. The van der Waals surface area contributed by atoms with Gasteiger partial charge in [-0.3, -0.25) is 14.3 Å². The number of aromatic nitrogens is 3. The normalized spacial score (nSPS) is 19.9. The number of aliphatic carboxylic acids is 1. The van der Waals surface area contributed by atoms with Crippen LogP contribution in [0.3, 0.4) is 0 Å². The Balaban J connectivity index is 1.83. The minimum absolute atomic E-state index is 0.159. The van der Waals surface area contributed by atoms with Gasteiger partial charge in [0.15, 0.2) is 5.65 Å². The summed E-state index contributed by atoms with van der Waals surface area (Å²) in [4.78, 5) is 32.5. The molecule has 0 bridgehead atoms. The van der Waals surface area contributed by atoms with Crippen LogP contribution in [-0.4, -0.2) is 49.7 Å². The number of hydrogen-bond acceptors (Lipinski definition) is 5. The molecule has 8 heteroatoms. The van der Waals surface area contributed by atoms with Gasteiger partial charge in [-0.25, -0.2) is 4.98 Å². The molecule has 1 saturated heterocycles. The van der Waals surface area contributed by atoms with Gasteiger partial charge in [0.05, 0.1) is 32.6 Å². The SMILES string of the molecule is Cc1nn(C)c2nc(-c3cccs3)cc(C(=O)N3CCCC(C)(C(=O)O)C3)c12. The smallest absolute Gasteiger partial charge is 0.311 e. The van der Waals surface area contributed by atoms with Gasteiger partial charge in [0.25, 0.3) is 5.91 Å². The van der Waals surface area contributed by atoms with Gasteiger partial charge in [0.1, 0.15) is 0 Å². The van der Waals surface area contributed by atoms with E-state index in [4.69, 9.17) is 4.98 Å². The van der Waals surface area contributed by atoms with Gasteiger partial charge < -0.3 is 10.0 Å². The number of nitrogens with zero attached hydrogens (tertiary/aromatic N) is 4. The molecule has 0 aromatic carbocycles. The Morgan fingerprint density at radius 2 is 2.14 bits per heavy atom. The number of carbonyl (C=O) groups is 2. The van der Waals surface area contributed by atoms with E-state index in [0.29, 0.717) is 30.6 Å². The molecule has 0 radical (unpaired) electrons. The maximum atomic E-state index is 13.5. The van der Waals surface area contributed by atoms with E-state index in [1.807, 2.05) is 37.6 Å². The van der Waals surface area contributed by atoms with Crippen molar-refractivity contribution in [3.05, 3.63) is 34.8 Å². The first-order valence-electron chi connectivity index (χ1n) is 9.21. The van der Waals surface area contributed by atoms with Gasteiger partial charge in [-0.15, -0.1) is 11.3 Å². The molecule has 0 aliphatic carbocycles. The topological polar surface area (TPSA) is 88.3 Å². The average Bonchev–Trinajstić information content (AvgIpc) is 3.29. The molecule has 1 aliphatic heterocycles. The number of likely N-dealkylation sites (tertiary alicyclic amines) is 1. The van der Waals surface area contributed by atoms with Crippen molar-refractivity contribution in [2.75, 3.05) is 13.1 Å². The molecule has 1 unspecified atom stereocenters. The molecule has 1 amide bonds. The molecule has 0 spiro atoms. The lowest BCUT2D eigenvalue weighted by atomic mass is 9.82. The molecule has 3 aromatic rings. The van der Waals surface area contributed by atoms with Crippen LogP contribution in [0.4, 0.5) is 0 Å². The lowest BCUT2D eigenvalue weighted by molar-refractivity contribution is -0.150. The zero-order chi connectivity index (χ0) is 20.1. The molecule has 4 rings (SSSR count). The number of thiophene rings is 1. The van der Waals surface area contributed by atoms with Crippen LogP contribution in [0.5, 0.6) is 0 Å². The fourth-order valence-electron chi connectivity index (χ4n) is 3.92. The van der Waals surface area contributed by atoms with E-state index >= 15 is 0 Å². The van der Waals surface area contributed by atoms with E-state index < -0.39 is 11.4 Å². The van der Waals surface area contributed by atoms with Crippen molar-refractivity contribution in [1.29, 1.82) is 0 Å². The first-order valence-corrected chi connectivity index (χ1v) is 10.1. The highest BCUT2D eigenvalue weighted by molar-refractivity contribution is 7.13. The van der Waals surface area contributed by atoms with Crippen LogP contribution in [0.15, 0.2) is 23.6 Å². The Morgan fingerprint density at radius 1 is 1.36 bits per heavy atom. The predicted molar refractivity (Wildman–Crippen MR) is 107 cm³/mol. The summed E-state index contributed by atoms with van der Waals surface area (Å²) in [7, 11) is 1.82. The minimum atomic E-state index is -0.916. The molecule has 0 saturated carbocycles. The van der Waals surface area contributed by atoms with E-state index in [0.717, 1.165) is 21.7 Å². The number of amides is 1. The van der Waals surface area contributed by atoms with Crippen molar-refractivity contribution < 1.29 is 14.7 Å². The quantitative estimate of drug-likeness (QED) is 0.731. The van der Waals surface area contributed by atoms with Crippen LogP contribution in [0.25, 0.3) is 21.6 Å². The van der Waals surface area contributed by atoms with E-state index in [1.165, 1.54) is 0 Å². The third kappa shape index (κ3) is 2.97. The van der Waals surface area contributed by atoms with Gasteiger partial charge >= 0.3 is 5.97 Å². The van der Waals surface area contributed by atoms with Crippen LogP contribution in [0.2, 0.25) is 0 Å². The van der Waals surface area contributed by atoms with Crippen LogP contribution in [0.1, 0.15) is 35.8 Å². The van der Waals surface area contributed by atoms with E-state index in [1.54, 1.807) is 27.8 Å². The van der Waals surface area contributed by atoms with Gasteiger partial charge in [-0.05, 0) is 44.2 Å². The third-order valence-electron chi connectivity index (χ3n) is 5.47. The fraction of sp³-hybridized carbons (Fsp3) is 0.400. The second-order valence-corrected chi connectivity index (χ2v) is 8.58. The van der Waals surface area contributed by atoms with Gasteiger partial charge in [-0.2, -0.15) is 5.10 Å². The summed E-state index contributed by atoms with van der Waals surface area (Å²) >= 11 is 1.56. The Bertz CT molecular complexity index is 1070. The molecular weight excluding hydrogens is 376 g/mol. The van der Waals surface area contributed by atoms with Gasteiger partial charge in [0, 0.05) is 20.1 Å². The molecular formula is C20H22N4O3S. The number of aryl methyl sites for hydroxylation is 2. The minimum Gasteiger partial charge on any atom is -0.481 e. The summed E-state index contributed by atoms with van der Waals surface area (Å²) in [6, 6.07) is 5.74. The van der Waals surface area contributed by atoms with Crippen molar-refractivity contribution in [2.24, 2.45) is 12.5 Å². The maximum absolute atomic E-state index is 13.5. The van der Waals surface area contributed by atoms with E-state index in [9.17, 15) is 14.7 Å². The number of rotatable bonds is 3. The molecule has 28 heavy (non-hydrogen) atoms. The largest absolute Gasteiger partial charge is 0.481 e. The van der Waals surface area contributed by atoms with E-state index in [2.05, 4.69) is 5.10 Å². The number of carbonyl (C=O) groups excluding carboxylic acids is 1. The Kier molecular flexibility index (Phi) is 4.45. The Morgan fingerprint density at radius 3 is 2.82 bits per heavy atom. The van der Waals surface area contributed by atoms with Crippen molar-refractivity contribution in [3.63, 3.8) is 0 Å². The first-order chi connectivity index (χ1) is 13.3. The second kappa shape index (κ2) is 6.70. The summed E-state index contributed by atoms with van der Waals surface area (Å²) in [5, 5.41) is 16.8. The van der Waals surface area contributed by atoms with Crippen molar-refractivity contribution >= 4 is 34.2 Å². The highest BCUT2D eigenvalue weighted by Crippen LogP contribution is 2.33. The van der Waals surface area contributed by atoms with Crippen molar-refractivity contribution in [2.45, 2.75) is 26.7 Å². The number of hydrogen-bond donors (Lipinski definition) is 1. The Labute approximate surface area is 166 Å². The molecule has 1 aliphatic rings. The number of carboxylic acid groups (broad SMARTS) is 1. The van der Waals surface area contributed by atoms with Crippen molar-refractivity contribution in [1.82, 2.24) is 19.7 Å². The molecule has 1 atom stereocenters. The summed E-state index contributed by atoms with van der Waals surface area (Å²) < 4.78 is 1.69. The number of piperidine rings is 1. The van der Waals surface area contributed by atoms with Crippen LogP contribution in [0, 0.1) is 12.3 Å². The zero-order valence-corrected chi connectivity index (χ0v) is 16.9. The Hall–Kier alpha value is -2.74. The maximum Gasteiger partial charge on any atom is 0.311 e.